The van der Waals surface area contributed by atoms with E-state index in [0.29, 0.717) is 12.5 Å². The van der Waals surface area contributed by atoms with Crippen LogP contribution in [0.2, 0.25) is 0 Å². The molecular weight excluding hydrogens is 124 g/mol. The van der Waals surface area contributed by atoms with Crippen molar-refractivity contribution in [1.82, 2.24) is 0 Å². The summed E-state index contributed by atoms with van der Waals surface area (Å²) in [6.07, 6.45) is 4.97. The van der Waals surface area contributed by atoms with Gasteiger partial charge < -0.3 is 11.5 Å². The number of hydrogen-bond acceptors (Lipinski definition) is 2. The Morgan fingerprint density at radius 1 is 1.50 bits per heavy atom. The Bertz CT molecular complexity index is 114. The molecule has 0 aliphatic heterocycles. The monoisotopic (exact) mass is 142 g/mol. The second-order valence-corrected chi connectivity index (χ2v) is 3.58. The SMILES string of the molecule is C[C@H]1CCCC[C@]1(N)CN. The van der Waals surface area contributed by atoms with Crippen LogP contribution in [0.25, 0.3) is 0 Å². The summed E-state index contributed by atoms with van der Waals surface area (Å²) in [7, 11) is 0. The summed E-state index contributed by atoms with van der Waals surface area (Å²) in [5.74, 6) is 0.617. The van der Waals surface area contributed by atoms with E-state index in [9.17, 15) is 0 Å². The fourth-order valence-electron chi connectivity index (χ4n) is 1.74. The molecule has 0 aromatic heterocycles. The predicted molar refractivity (Wildman–Crippen MR) is 43.6 cm³/mol. The van der Waals surface area contributed by atoms with Gasteiger partial charge in [-0.2, -0.15) is 0 Å². The summed E-state index contributed by atoms with van der Waals surface area (Å²) in [5, 5.41) is 0. The van der Waals surface area contributed by atoms with Crippen LogP contribution in [0.5, 0.6) is 0 Å². The van der Waals surface area contributed by atoms with E-state index < -0.39 is 0 Å². The van der Waals surface area contributed by atoms with Gasteiger partial charge in [0, 0.05) is 12.1 Å². The largest absolute Gasteiger partial charge is 0.329 e. The van der Waals surface area contributed by atoms with Gasteiger partial charge in [-0.25, -0.2) is 0 Å². The van der Waals surface area contributed by atoms with Gasteiger partial charge in [-0.3, -0.25) is 0 Å². The molecule has 0 unspecified atom stereocenters. The standard InChI is InChI=1S/C8H18N2/c1-7-4-2-3-5-8(7,10)6-9/h7H,2-6,9-10H2,1H3/t7-,8-/m0/s1. The van der Waals surface area contributed by atoms with Gasteiger partial charge in [-0.15, -0.1) is 0 Å². The third-order valence-corrected chi connectivity index (χ3v) is 2.89. The van der Waals surface area contributed by atoms with Gasteiger partial charge in [-0.1, -0.05) is 19.8 Å². The maximum Gasteiger partial charge on any atom is 0.0304 e. The van der Waals surface area contributed by atoms with E-state index in [1.165, 1.54) is 19.3 Å². The summed E-state index contributed by atoms with van der Waals surface area (Å²) < 4.78 is 0. The summed E-state index contributed by atoms with van der Waals surface area (Å²) in [6.45, 7) is 2.86. The molecule has 1 fully saturated rings. The highest BCUT2D eigenvalue weighted by Crippen LogP contribution is 2.30. The number of nitrogens with two attached hydrogens (primary N) is 2. The Kier molecular flexibility index (Phi) is 2.32. The van der Waals surface area contributed by atoms with Crippen molar-refractivity contribution in [2.24, 2.45) is 17.4 Å². The number of rotatable bonds is 1. The van der Waals surface area contributed by atoms with Crippen molar-refractivity contribution in [2.75, 3.05) is 6.54 Å². The van der Waals surface area contributed by atoms with Crippen molar-refractivity contribution in [1.29, 1.82) is 0 Å². The molecule has 2 atom stereocenters. The van der Waals surface area contributed by atoms with E-state index >= 15 is 0 Å². The van der Waals surface area contributed by atoms with Crippen molar-refractivity contribution < 1.29 is 0 Å². The maximum absolute atomic E-state index is 6.08. The molecule has 2 heteroatoms. The van der Waals surface area contributed by atoms with E-state index in [1.54, 1.807) is 0 Å². The first-order valence-electron chi connectivity index (χ1n) is 4.18. The Labute approximate surface area is 63.0 Å². The molecule has 1 aliphatic carbocycles. The van der Waals surface area contributed by atoms with Crippen LogP contribution in [0, 0.1) is 5.92 Å². The lowest BCUT2D eigenvalue weighted by atomic mass is 9.74. The van der Waals surface area contributed by atoms with Gasteiger partial charge in [0.2, 0.25) is 0 Å². The molecule has 0 bridgehead atoms. The lowest BCUT2D eigenvalue weighted by Crippen LogP contribution is -2.53. The van der Waals surface area contributed by atoms with Crippen LogP contribution >= 0.6 is 0 Å². The van der Waals surface area contributed by atoms with Crippen molar-refractivity contribution >= 4 is 0 Å². The molecule has 1 rings (SSSR count). The zero-order valence-corrected chi connectivity index (χ0v) is 6.77. The summed E-state index contributed by atoms with van der Waals surface area (Å²) in [4.78, 5) is 0. The highest BCUT2D eigenvalue weighted by molar-refractivity contribution is 4.92. The Morgan fingerprint density at radius 2 is 2.20 bits per heavy atom. The van der Waals surface area contributed by atoms with Crippen molar-refractivity contribution in [3.8, 4) is 0 Å². The second-order valence-electron chi connectivity index (χ2n) is 3.58. The molecule has 4 N–H and O–H groups in total. The molecule has 0 aromatic carbocycles. The topological polar surface area (TPSA) is 52.0 Å². The van der Waals surface area contributed by atoms with Gasteiger partial charge in [0.1, 0.15) is 0 Å². The quantitative estimate of drug-likeness (QED) is 0.570. The molecule has 0 saturated heterocycles. The molecule has 2 nitrogen and oxygen atoms in total. The molecule has 0 radical (unpaired) electrons. The van der Waals surface area contributed by atoms with Gasteiger partial charge in [-0.05, 0) is 18.8 Å². The minimum atomic E-state index is -0.0434. The molecule has 0 aromatic rings. The summed E-state index contributed by atoms with van der Waals surface area (Å²) >= 11 is 0. The lowest BCUT2D eigenvalue weighted by molar-refractivity contribution is 0.212. The van der Waals surface area contributed by atoms with Crippen LogP contribution in [-0.4, -0.2) is 12.1 Å². The normalized spacial score (nSPS) is 41.7. The second kappa shape index (κ2) is 2.89. The smallest absolute Gasteiger partial charge is 0.0304 e. The fourth-order valence-corrected chi connectivity index (χ4v) is 1.74. The molecule has 1 aliphatic rings. The van der Waals surface area contributed by atoms with E-state index in [1.807, 2.05) is 0 Å². The van der Waals surface area contributed by atoms with Gasteiger partial charge >= 0.3 is 0 Å². The van der Waals surface area contributed by atoms with Crippen molar-refractivity contribution in [2.45, 2.75) is 38.1 Å². The number of hydrogen-bond donors (Lipinski definition) is 2. The summed E-state index contributed by atoms with van der Waals surface area (Å²) in [5.41, 5.74) is 11.6. The third-order valence-electron chi connectivity index (χ3n) is 2.89. The average Bonchev–Trinajstić information content (AvgIpc) is 1.96. The molecule has 0 amide bonds. The molecule has 1 saturated carbocycles. The first-order chi connectivity index (χ1) is 4.69. The fraction of sp³-hybridized carbons (Fsp3) is 1.00. The van der Waals surface area contributed by atoms with Gasteiger partial charge in [0.05, 0.1) is 0 Å². The molecule has 10 heavy (non-hydrogen) atoms. The Balaban J connectivity index is 2.54. The van der Waals surface area contributed by atoms with E-state index in [4.69, 9.17) is 11.5 Å². The average molecular weight is 142 g/mol. The van der Waals surface area contributed by atoms with Crippen LogP contribution in [-0.2, 0) is 0 Å². The molecule has 60 valence electrons. The van der Waals surface area contributed by atoms with E-state index in [-0.39, 0.29) is 5.54 Å². The van der Waals surface area contributed by atoms with Gasteiger partial charge in [0.15, 0.2) is 0 Å². The van der Waals surface area contributed by atoms with Crippen molar-refractivity contribution in [3.05, 3.63) is 0 Å². The zero-order valence-electron chi connectivity index (χ0n) is 6.77. The van der Waals surface area contributed by atoms with Crippen LogP contribution in [0.3, 0.4) is 0 Å². The van der Waals surface area contributed by atoms with E-state index in [2.05, 4.69) is 6.92 Å². The Hall–Kier alpha value is -0.0800. The minimum absolute atomic E-state index is 0.0434. The lowest BCUT2D eigenvalue weighted by Gasteiger charge is -2.38. The van der Waals surface area contributed by atoms with Crippen LogP contribution in [0.4, 0.5) is 0 Å². The first-order valence-corrected chi connectivity index (χ1v) is 4.18. The highest BCUT2D eigenvalue weighted by Gasteiger charge is 2.32. The Morgan fingerprint density at radius 3 is 2.60 bits per heavy atom. The molecule has 0 heterocycles. The van der Waals surface area contributed by atoms with Crippen LogP contribution < -0.4 is 11.5 Å². The predicted octanol–water partition coefficient (Wildman–Crippen LogP) is 0.853. The minimum Gasteiger partial charge on any atom is -0.329 e. The van der Waals surface area contributed by atoms with Crippen LogP contribution in [0.1, 0.15) is 32.6 Å². The van der Waals surface area contributed by atoms with E-state index in [0.717, 1.165) is 6.42 Å². The highest BCUT2D eigenvalue weighted by atomic mass is 14.8. The van der Waals surface area contributed by atoms with Crippen LogP contribution in [0.15, 0.2) is 0 Å². The molecule has 0 spiro atoms. The molecular formula is C8H18N2. The zero-order chi connectivity index (χ0) is 7.61. The van der Waals surface area contributed by atoms with Crippen molar-refractivity contribution in [3.63, 3.8) is 0 Å². The summed E-state index contributed by atoms with van der Waals surface area (Å²) in [6, 6.07) is 0. The maximum atomic E-state index is 6.08. The third kappa shape index (κ3) is 1.32. The van der Waals surface area contributed by atoms with Gasteiger partial charge in [0.25, 0.3) is 0 Å². The first kappa shape index (κ1) is 8.02.